The SMILES string of the molecule is CCN(C(=O)c1c(Oc2ccccc2)cnn1C(C)(C)C)N(Cc1ccc(O)cc1Cl)C(=O)OC. The maximum Gasteiger partial charge on any atom is 0.428 e. The standard InChI is InChI=1S/C25H29ClN4O5/c1-6-28(29(24(33)34-5)16-17-12-13-18(31)14-20(17)26)23(32)22-21(15-27-30(22)25(2,3)4)35-19-10-8-7-9-11-19/h7-15,31H,6,16H2,1-5H3. The Bertz CT molecular complexity index is 1190. The molecule has 0 radical (unpaired) electrons. The summed E-state index contributed by atoms with van der Waals surface area (Å²) in [5.74, 6) is 0.274. The smallest absolute Gasteiger partial charge is 0.428 e. The lowest BCUT2D eigenvalue weighted by Crippen LogP contribution is -2.50. The number of halogens is 1. The second-order valence-corrected chi connectivity index (χ2v) is 9.09. The predicted molar refractivity (Wildman–Crippen MR) is 132 cm³/mol. The molecule has 3 rings (SSSR count). The maximum atomic E-state index is 14.0. The Balaban J connectivity index is 2.05. The number of amides is 2. The molecule has 0 aliphatic carbocycles. The average Bonchev–Trinajstić information content (AvgIpc) is 3.24. The summed E-state index contributed by atoms with van der Waals surface area (Å²) in [4.78, 5) is 26.8. The van der Waals surface area contributed by atoms with Crippen LogP contribution in [0.4, 0.5) is 4.79 Å². The van der Waals surface area contributed by atoms with Gasteiger partial charge in [0.25, 0.3) is 5.91 Å². The number of carbonyl (C=O) groups excluding carboxylic acids is 2. The fourth-order valence-electron chi connectivity index (χ4n) is 3.45. The van der Waals surface area contributed by atoms with Crippen molar-refractivity contribution in [2.75, 3.05) is 13.7 Å². The Morgan fingerprint density at radius 1 is 1.11 bits per heavy atom. The topological polar surface area (TPSA) is 97.1 Å². The minimum absolute atomic E-state index is 0.0106. The monoisotopic (exact) mass is 500 g/mol. The number of rotatable bonds is 6. The molecule has 10 heteroatoms. The van der Waals surface area contributed by atoms with Crippen LogP contribution in [-0.2, 0) is 16.8 Å². The Morgan fingerprint density at radius 3 is 2.37 bits per heavy atom. The molecule has 186 valence electrons. The van der Waals surface area contributed by atoms with Gasteiger partial charge in [0.2, 0.25) is 0 Å². The predicted octanol–water partition coefficient (Wildman–Crippen LogP) is 5.44. The number of carbonyl (C=O) groups is 2. The highest BCUT2D eigenvalue weighted by molar-refractivity contribution is 6.31. The van der Waals surface area contributed by atoms with Crippen molar-refractivity contribution in [2.24, 2.45) is 0 Å². The van der Waals surface area contributed by atoms with Gasteiger partial charge in [-0.15, -0.1) is 0 Å². The van der Waals surface area contributed by atoms with Crippen LogP contribution in [0, 0.1) is 0 Å². The summed E-state index contributed by atoms with van der Waals surface area (Å²) in [5, 5.41) is 16.8. The van der Waals surface area contributed by atoms with Crippen LogP contribution in [0.2, 0.25) is 5.02 Å². The molecule has 1 heterocycles. The van der Waals surface area contributed by atoms with Gasteiger partial charge in [0.15, 0.2) is 11.4 Å². The van der Waals surface area contributed by atoms with Crippen molar-refractivity contribution in [3.8, 4) is 17.2 Å². The second kappa shape index (κ2) is 10.7. The van der Waals surface area contributed by atoms with Crippen molar-refractivity contribution in [1.29, 1.82) is 0 Å². The van der Waals surface area contributed by atoms with Crippen molar-refractivity contribution in [1.82, 2.24) is 19.8 Å². The zero-order valence-corrected chi connectivity index (χ0v) is 21.1. The molecule has 0 saturated carbocycles. The van der Waals surface area contributed by atoms with Gasteiger partial charge in [-0.25, -0.2) is 14.8 Å². The lowest BCUT2D eigenvalue weighted by molar-refractivity contribution is -0.0101. The Kier molecular flexibility index (Phi) is 7.91. The number of hydrogen-bond acceptors (Lipinski definition) is 6. The molecule has 1 aromatic heterocycles. The number of ether oxygens (including phenoxy) is 2. The van der Waals surface area contributed by atoms with Crippen molar-refractivity contribution >= 4 is 23.6 Å². The summed E-state index contributed by atoms with van der Waals surface area (Å²) < 4.78 is 12.5. The number of aromatic nitrogens is 2. The fraction of sp³-hybridized carbons (Fsp3) is 0.320. The van der Waals surface area contributed by atoms with Crippen molar-refractivity contribution in [3.05, 3.63) is 71.0 Å². The van der Waals surface area contributed by atoms with Crippen LogP contribution in [0.1, 0.15) is 43.7 Å². The van der Waals surface area contributed by atoms with E-state index in [1.54, 1.807) is 29.8 Å². The number of benzene rings is 2. The lowest BCUT2D eigenvalue weighted by atomic mass is 10.1. The number of nitrogens with zero attached hydrogens (tertiary/aromatic N) is 4. The van der Waals surface area contributed by atoms with Gasteiger partial charge in [0.1, 0.15) is 11.5 Å². The van der Waals surface area contributed by atoms with Gasteiger partial charge in [-0.1, -0.05) is 35.9 Å². The van der Waals surface area contributed by atoms with Crippen LogP contribution in [0.25, 0.3) is 0 Å². The molecular formula is C25H29ClN4O5. The van der Waals surface area contributed by atoms with E-state index in [2.05, 4.69) is 5.10 Å². The lowest BCUT2D eigenvalue weighted by Gasteiger charge is -2.34. The van der Waals surface area contributed by atoms with Crippen molar-refractivity contribution in [3.63, 3.8) is 0 Å². The van der Waals surface area contributed by atoms with E-state index >= 15 is 0 Å². The van der Waals surface area contributed by atoms with E-state index in [1.165, 1.54) is 30.4 Å². The molecule has 0 atom stereocenters. The zero-order valence-electron chi connectivity index (χ0n) is 20.4. The first kappa shape index (κ1) is 25.9. The third-order valence-electron chi connectivity index (χ3n) is 5.11. The molecule has 0 spiro atoms. The first-order chi connectivity index (χ1) is 16.6. The number of hydrazine groups is 1. The molecule has 3 aromatic rings. The third kappa shape index (κ3) is 5.86. The van der Waals surface area contributed by atoms with Crippen molar-refractivity contribution < 1.29 is 24.2 Å². The summed E-state index contributed by atoms with van der Waals surface area (Å²) in [6.07, 6.45) is 0.732. The highest BCUT2D eigenvalue weighted by Crippen LogP contribution is 2.31. The van der Waals surface area contributed by atoms with E-state index in [4.69, 9.17) is 21.1 Å². The van der Waals surface area contributed by atoms with E-state index in [0.717, 1.165) is 5.01 Å². The summed E-state index contributed by atoms with van der Waals surface area (Å²) in [6, 6.07) is 13.4. The summed E-state index contributed by atoms with van der Waals surface area (Å²) >= 11 is 6.27. The van der Waals surface area contributed by atoms with E-state index in [-0.39, 0.29) is 35.3 Å². The molecular weight excluding hydrogens is 472 g/mol. The van der Waals surface area contributed by atoms with E-state index in [1.807, 2.05) is 39.0 Å². The van der Waals surface area contributed by atoms with Crippen LogP contribution in [-0.4, -0.2) is 50.6 Å². The molecule has 2 amide bonds. The van der Waals surface area contributed by atoms with Gasteiger partial charge >= 0.3 is 6.09 Å². The first-order valence-corrected chi connectivity index (χ1v) is 11.4. The first-order valence-electron chi connectivity index (χ1n) is 11.0. The van der Waals surface area contributed by atoms with Gasteiger partial charge in [-0.05, 0) is 57.5 Å². The number of phenols is 1. The Hall–Kier alpha value is -3.72. The van der Waals surface area contributed by atoms with Gasteiger partial charge in [-0.3, -0.25) is 9.48 Å². The van der Waals surface area contributed by atoms with Crippen LogP contribution in [0.15, 0.2) is 54.7 Å². The minimum atomic E-state index is -0.753. The molecule has 0 fully saturated rings. The van der Waals surface area contributed by atoms with Crippen molar-refractivity contribution in [2.45, 2.75) is 39.8 Å². The maximum absolute atomic E-state index is 14.0. The van der Waals surface area contributed by atoms with E-state index in [9.17, 15) is 14.7 Å². The number of methoxy groups -OCH3 is 1. The molecule has 9 nitrogen and oxygen atoms in total. The van der Waals surface area contributed by atoms with Gasteiger partial charge in [0, 0.05) is 11.6 Å². The molecule has 2 aromatic carbocycles. The van der Waals surface area contributed by atoms with Crippen LogP contribution >= 0.6 is 11.6 Å². The second-order valence-electron chi connectivity index (χ2n) is 8.68. The average molecular weight is 501 g/mol. The minimum Gasteiger partial charge on any atom is -0.508 e. The summed E-state index contributed by atoms with van der Waals surface area (Å²) in [6.45, 7) is 7.55. The Morgan fingerprint density at radius 2 is 1.80 bits per heavy atom. The zero-order chi connectivity index (χ0) is 25.8. The number of para-hydroxylation sites is 1. The van der Waals surface area contributed by atoms with Crippen LogP contribution < -0.4 is 4.74 Å². The highest BCUT2D eigenvalue weighted by Gasteiger charge is 2.34. The molecule has 0 bridgehead atoms. The summed E-state index contributed by atoms with van der Waals surface area (Å²) in [5.41, 5.74) is 0.138. The van der Waals surface area contributed by atoms with Gasteiger partial charge < -0.3 is 14.6 Å². The molecule has 1 N–H and O–H groups in total. The number of aromatic hydroxyl groups is 1. The van der Waals surface area contributed by atoms with E-state index < -0.39 is 17.5 Å². The molecule has 0 aliphatic heterocycles. The van der Waals surface area contributed by atoms with Crippen LogP contribution in [0.3, 0.4) is 0 Å². The molecule has 0 unspecified atom stereocenters. The Labute approximate surface area is 209 Å². The van der Waals surface area contributed by atoms with Gasteiger partial charge in [0.05, 0.1) is 25.4 Å². The van der Waals surface area contributed by atoms with E-state index in [0.29, 0.717) is 11.3 Å². The third-order valence-corrected chi connectivity index (χ3v) is 5.46. The number of hydrogen-bond donors (Lipinski definition) is 1. The number of phenolic OH excluding ortho intramolecular Hbond substituents is 1. The quantitative estimate of drug-likeness (QED) is 0.453. The normalized spacial score (nSPS) is 11.1. The summed E-state index contributed by atoms with van der Waals surface area (Å²) in [7, 11) is 1.23. The molecule has 0 saturated heterocycles. The van der Waals surface area contributed by atoms with Crippen LogP contribution in [0.5, 0.6) is 17.2 Å². The largest absolute Gasteiger partial charge is 0.508 e. The molecule has 0 aliphatic rings. The molecule has 35 heavy (non-hydrogen) atoms. The highest BCUT2D eigenvalue weighted by atomic mass is 35.5. The fourth-order valence-corrected chi connectivity index (χ4v) is 3.69. The van der Waals surface area contributed by atoms with Gasteiger partial charge in [-0.2, -0.15) is 5.10 Å².